The topological polar surface area (TPSA) is 15.8 Å². The van der Waals surface area contributed by atoms with E-state index in [-0.39, 0.29) is 0 Å². The zero-order valence-corrected chi connectivity index (χ0v) is 10.3. The van der Waals surface area contributed by atoms with Gasteiger partial charge in [-0.3, -0.25) is 4.90 Å². The third kappa shape index (κ3) is 2.07. The number of likely N-dealkylation sites (tertiary alicyclic amines) is 1. The molecule has 86 valence electrons. The van der Waals surface area contributed by atoms with Crippen LogP contribution in [-0.2, 0) is 11.3 Å². The monoisotopic (exact) mass is 257 g/mol. The van der Waals surface area contributed by atoms with E-state index in [4.69, 9.17) is 27.9 Å². The first-order chi connectivity index (χ1) is 7.74. The van der Waals surface area contributed by atoms with Crippen LogP contribution in [0.1, 0.15) is 12.0 Å². The van der Waals surface area contributed by atoms with Crippen LogP contribution in [0.5, 0.6) is 0 Å². The Hall–Kier alpha value is -0.280. The molecule has 0 radical (unpaired) electrons. The molecule has 2 unspecified atom stereocenters. The van der Waals surface area contributed by atoms with E-state index >= 15 is 0 Å². The van der Waals surface area contributed by atoms with E-state index in [0.717, 1.165) is 31.6 Å². The maximum absolute atomic E-state index is 6.17. The van der Waals surface area contributed by atoms with Crippen LogP contribution >= 0.6 is 23.2 Å². The standard InChI is InChI=1S/C12H13Cl2NO/c13-9-3-1-2-8(12(9)14)6-15-5-4-10-11(7-15)16-10/h1-3,10-11H,4-7H2. The Kier molecular flexibility index (Phi) is 2.84. The largest absolute Gasteiger partial charge is 0.368 e. The molecule has 0 bridgehead atoms. The molecule has 2 saturated heterocycles. The predicted octanol–water partition coefficient (Wildman–Crippen LogP) is 2.97. The number of piperidine rings is 1. The van der Waals surface area contributed by atoms with E-state index in [1.165, 1.54) is 0 Å². The molecule has 2 aliphatic heterocycles. The number of hydrogen-bond donors (Lipinski definition) is 0. The second-order valence-electron chi connectivity index (χ2n) is 4.45. The van der Waals surface area contributed by atoms with Crippen molar-refractivity contribution in [2.45, 2.75) is 25.2 Å². The smallest absolute Gasteiger partial charge is 0.0969 e. The van der Waals surface area contributed by atoms with Gasteiger partial charge in [-0.15, -0.1) is 0 Å². The van der Waals surface area contributed by atoms with Crippen LogP contribution in [0, 0.1) is 0 Å². The van der Waals surface area contributed by atoms with Crippen molar-refractivity contribution < 1.29 is 4.74 Å². The van der Waals surface area contributed by atoms with Gasteiger partial charge in [0.15, 0.2) is 0 Å². The van der Waals surface area contributed by atoms with Crippen molar-refractivity contribution >= 4 is 23.2 Å². The van der Waals surface area contributed by atoms with Crippen LogP contribution in [-0.4, -0.2) is 30.2 Å². The van der Waals surface area contributed by atoms with Crippen LogP contribution in [0.25, 0.3) is 0 Å². The number of ether oxygens (including phenoxy) is 1. The lowest BCUT2D eigenvalue weighted by Crippen LogP contribution is -2.34. The second kappa shape index (κ2) is 4.19. The zero-order chi connectivity index (χ0) is 11.1. The molecule has 1 aromatic carbocycles. The van der Waals surface area contributed by atoms with E-state index < -0.39 is 0 Å². The third-order valence-corrected chi connectivity index (χ3v) is 4.14. The lowest BCUT2D eigenvalue weighted by Gasteiger charge is -2.24. The quantitative estimate of drug-likeness (QED) is 0.758. The lowest BCUT2D eigenvalue weighted by molar-refractivity contribution is 0.237. The summed E-state index contributed by atoms with van der Waals surface area (Å²) in [5.41, 5.74) is 1.10. The summed E-state index contributed by atoms with van der Waals surface area (Å²) in [5.74, 6) is 0. The highest BCUT2D eigenvalue weighted by molar-refractivity contribution is 6.42. The first kappa shape index (κ1) is 10.8. The zero-order valence-electron chi connectivity index (χ0n) is 8.83. The van der Waals surface area contributed by atoms with Crippen LogP contribution in [0.4, 0.5) is 0 Å². The Morgan fingerprint density at radius 1 is 1.31 bits per heavy atom. The van der Waals surface area contributed by atoms with Crippen molar-refractivity contribution in [3.8, 4) is 0 Å². The van der Waals surface area contributed by atoms with E-state index in [0.29, 0.717) is 22.3 Å². The molecular weight excluding hydrogens is 245 g/mol. The van der Waals surface area contributed by atoms with Crippen molar-refractivity contribution in [2.24, 2.45) is 0 Å². The fourth-order valence-corrected chi connectivity index (χ4v) is 2.68. The van der Waals surface area contributed by atoms with Gasteiger partial charge in [0.05, 0.1) is 22.3 Å². The fourth-order valence-electron chi connectivity index (χ4n) is 2.30. The average molecular weight is 258 g/mol. The van der Waals surface area contributed by atoms with Crippen molar-refractivity contribution in [1.82, 2.24) is 4.90 Å². The van der Waals surface area contributed by atoms with Crippen LogP contribution in [0.15, 0.2) is 18.2 Å². The first-order valence-electron chi connectivity index (χ1n) is 5.55. The summed E-state index contributed by atoms with van der Waals surface area (Å²) < 4.78 is 5.50. The molecule has 0 aromatic heterocycles. The molecule has 0 saturated carbocycles. The van der Waals surface area contributed by atoms with Gasteiger partial charge in [0.2, 0.25) is 0 Å². The number of nitrogens with zero attached hydrogens (tertiary/aromatic N) is 1. The SMILES string of the molecule is Clc1cccc(CN2CCC3OC3C2)c1Cl. The van der Waals surface area contributed by atoms with E-state index in [9.17, 15) is 0 Å². The van der Waals surface area contributed by atoms with Crippen LogP contribution in [0.2, 0.25) is 10.0 Å². The summed E-state index contributed by atoms with van der Waals surface area (Å²) in [5, 5.41) is 1.32. The van der Waals surface area contributed by atoms with Gasteiger partial charge in [-0.2, -0.15) is 0 Å². The number of hydrogen-bond acceptors (Lipinski definition) is 2. The Labute approximate surface area is 105 Å². The Morgan fingerprint density at radius 3 is 3.00 bits per heavy atom. The molecule has 2 heterocycles. The molecule has 2 nitrogen and oxygen atoms in total. The van der Waals surface area contributed by atoms with Crippen LogP contribution < -0.4 is 0 Å². The molecule has 2 fully saturated rings. The van der Waals surface area contributed by atoms with Gasteiger partial charge in [0.25, 0.3) is 0 Å². The van der Waals surface area contributed by atoms with E-state index in [2.05, 4.69) is 4.90 Å². The maximum Gasteiger partial charge on any atom is 0.0969 e. The first-order valence-corrected chi connectivity index (χ1v) is 6.30. The number of benzene rings is 1. The number of fused-ring (bicyclic) bond motifs is 1. The van der Waals surface area contributed by atoms with Gasteiger partial charge < -0.3 is 4.74 Å². The van der Waals surface area contributed by atoms with Crippen molar-refractivity contribution in [2.75, 3.05) is 13.1 Å². The highest BCUT2D eigenvalue weighted by atomic mass is 35.5. The number of epoxide rings is 1. The lowest BCUT2D eigenvalue weighted by atomic mass is 10.1. The molecule has 0 N–H and O–H groups in total. The van der Waals surface area contributed by atoms with E-state index in [1.54, 1.807) is 0 Å². The van der Waals surface area contributed by atoms with Gasteiger partial charge in [-0.1, -0.05) is 35.3 Å². The van der Waals surface area contributed by atoms with Gasteiger partial charge in [0.1, 0.15) is 0 Å². The minimum Gasteiger partial charge on any atom is -0.368 e. The van der Waals surface area contributed by atoms with Gasteiger partial charge in [-0.25, -0.2) is 0 Å². The third-order valence-electron chi connectivity index (χ3n) is 3.28. The summed E-state index contributed by atoms with van der Waals surface area (Å²) in [7, 11) is 0. The maximum atomic E-state index is 6.17. The molecule has 0 spiro atoms. The highest BCUT2D eigenvalue weighted by Gasteiger charge is 2.43. The number of halogens is 2. The molecule has 2 atom stereocenters. The van der Waals surface area contributed by atoms with Crippen LogP contribution in [0.3, 0.4) is 0 Å². The van der Waals surface area contributed by atoms with Gasteiger partial charge in [-0.05, 0) is 18.1 Å². The Balaban J connectivity index is 1.71. The number of rotatable bonds is 2. The fraction of sp³-hybridized carbons (Fsp3) is 0.500. The minimum absolute atomic E-state index is 0.465. The summed E-state index contributed by atoms with van der Waals surface area (Å²) in [6.45, 7) is 2.98. The minimum atomic E-state index is 0.465. The molecule has 4 heteroatoms. The second-order valence-corrected chi connectivity index (χ2v) is 5.23. The molecule has 0 aliphatic carbocycles. The molecule has 0 amide bonds. The van der Waals surface area contributed by atoms with E-state index in [1.807, 2.05) is 18.2 Å². The van der Waals surface area contributed by atoms with Crippen molar-refractivity contribution in [3.63, 3.8) is 0 Å². The molecular formula is C12H13Cl2NO. The highest BCUT2D eigenvalue weighted by Crippen LogP contribution is 2.32. The van der Waals surface area contributed by atoms with Crippen molar-refractivity contribution in [3.05, 3.63) is 33.8 Å². The molecule has 1 aromatic rings. The Bertz CT molecular complexity index is 410. The normalized spacial score (nSPS) is 28.9. The van der Waals surface area contributed by atoms with Crippen molar-refractivity contribution in [1.29, 1.82) is 0 Å². The molecule has 3 rings (SSSR count). The summed E-state index contributed by atoms with van der Waals surface area (Å²) in [6.07, 6.45) is 2.14. The summed E-state index contributed by atoms with van der Waals surface area (Å²) >= 11 is 12.2. The molecule has 2 aliphatic rings. The summed E-state index contributed by atoms with van der Waals surface area (Å²) in [6, 6.07) is 5.81. The summed E-state index contributed by atoms with van der Waals surface area (Å²) in [4.78, 5) is 2.38. The van der Waals surface area contributed by atoms with Gasteiger partial charge >= 0.3 is 0 Å². The predicted molar refractivity (Wildman–Crippen MR) is 65.0 cm³/mol. The molecule has 16 heavy (non-hydrogen) atoms. The average Bonchev–Trinajstić information content (AvgIpc) is 3.03. The Morgan fingerprint density at radius 2 is 2.19 bits per heavy atom. The van der Waals surface area contributed by atoms with Gasteiger partial charge in [0, 0.05) is 19.6 Å².